The van der Waals surface area contributed by atoms with Gasteiger partial charge in [0, 0.05) is 12.8 Å². The lowest BCUT2D eigenvalue weighted by atomic mass is 10.0. The number of aromatic amines is 1. The van der Waals surface area contributed by atoms with E-state index in [9.17, 15) is 9.59 Å². The first-order valence-electron chi connectivity index (χ1n) is 5.67. The van der Waals surface area contributed by atoms with Crippen molar-refractivity contribution in [1.29, 1.82) is 0 Å². The van der Waals surface area contributed by atoms with Crippen molar-refractivity contribution in [3.05, 3.63) is 20.7 Å². The highest BCUT2D eigenvalue weighted by atomic mass is 32.2. The number of nitrogens with zero attached hydrogens (tertiary/aromatic N) is 2. The molecule has 1 aromatic rings. The Morgan fingerprint density at radius 1 is 1.53 bits per heavy atom. The molecule has 0 aliphatic carbocycles. The summed E-state index contributed by atoms with van der Waals surface area (Å²) in [6.07, 6.45) is 2.40. The molecule has 0 saturated carbocycles. The Hall–Kier alpha value is -1.08. The standard InChI is InChI=1S/C10H16N4O2S/c1-14-10(12-8(15)9(16)13-14)17-6-7-3-2-4-11-5-7/h7,11H,2-6H2,1H3,(H,13,16). The predicted octanol–water partition coefficient (Wildman–Crippen LogP) is -0.440. The summed E-state index contributed by atoms with van der Waals surface area (Å²) in [4.78, 5) is 25.9. The van der Waals surface area contributed by atoms with E-state index >= 15 is 0 Å². The molecule has 0 spiro atoms. The van der Waals surface area contributed by atoms with Crippen molar-refractivity contribution in [3.63, 3.8) is 0 Å². The van der Waals surface area contributed by atoms with Gasteiger partial charge in [-0.2, -0.15) is 4.98 Å². The Kier molecular flexibility index (Phi) is 4.01. The van der Waals surface area contributed by atoms with Gasteiger partial charge in [0.15, 0.2) is 5.16 Å². The number of nitrogens with one attached hydrogen (secondary N) is 2. The SMILES string of the molecule is Cn1[nH]c(=O)c(=O)nc1SCC1CCCNC1. The maximum Gasteiger partial charge on any atom is 0.339 e. The molecule has 2 N–H and O–H groups in total. The van der Waals surface area contributed by atoms with Gasteiger partial charge in [0.2, 0.25) is 0 Å². The second-order valence-corrected chi connectivity index (χ2v) is 5.21. The predicted molar refractivity (Wildman–Crippen MR) is 66.4 cm³/mol. The van der Waals surface area contributed by atoms with Gasteiger partial charge >= 0.3 is 11.1 Å². The number of hydrogen-bond acceptors (Lipinski definition) is 5. The molecule has 6 nitrogen and oxygen atoms in total. The highest BCUT2D eigenvalue weighted by Gasteiger charge is 2.14. The van der Waals surface area contributed by atoms with Crippen LogP contribution in [0.2, 0.25) is 0 Å². The molecule has 0 radical (unpaired) electrons. The van der Waals surface area contributed by atoms with E-state index in [2.05, 4.69) is 15.4 Å². The first-order chi connectivity index (χ1) is 8.16. The Morgan fingerprint density at radius 3 is 3.06 bits per heavy atom. The molecule has 2 rings (SSSR count). The Bertz CT molecular complexity index is 490. The smallest absolute Gasteiger partial charge is 0.316 e. The number of aromatic nitrogens is 3. The molecular weight excluding hydrogens is 240 g/mol. The van der Waals surface area contributed by atoms with Crippen LogP contribution in [0.25, 0.3) is 0 Å². The van der Waals surface area contributed by atoms with Crippen LogP contribution < -0.4 is 16.4 Å². The second-order valence-electron chi connectivity index (χ2n) is 4.22. The van der Waals surface area contributed by atoms with Crippen LogP contribution in [0.5, 0.6) is 0 Å². The average molecular weight is 256 g/mol. The largest absolute Gasteiger partial charge is 0.339 e. The van der Waals surface area contributed by atoms with E-state index in [0.717, 1.165) is 18.8 Å². The van der Waals surface area contributed by atoms with Crippen LogP contribution in [0.3, 0.4) is 0 Å². The van der Waals surface area contributed by atoms with E-state index in [-0.39, 0.29) is 0 Å². The van der Waals surface area contributed by atoms with Gasteiger partial charge < -0.3 is 5.32 Å². The fourth-order valence-corrected chi connectivity index (χ4v) is 2.90. The highest BCUT2D eigenvalue weighted by Crippen LogP contribution is 2.20. The monoisotopic (exact) mass is 256 g/mol. The van der Waals surface area contributed by atoms with Crippen molar-refractivity contribution < 1.29 is 0 Å². The molecule has 1 unspecified atom stereocenters. The molecule has 0 bridgehead atoms. The number of hydrogen-bond donors (Lipinski definition) is 2. The maximum absolute atomic E-state index is 11.1. The molecular formula is C10H16N4O2S. The minimum atomic E-state index is -0.715. The lowest BCUT2D eigenvalue weighted by molar-refractivity contribution is 0.410. The van der Waals surface area contributed by atoms with Crippen molar-refractivity contribution in [2.24, 2.45) is 13.0 Å². The number of aryl methyl sites for hydroxylation is 1. The van der Waals surface area contributed by atoms with E-state index in [1.54, 1.807) is 7.05 Å². The molecule has 7 heteroatoms. The molecule has 1 aromatic heterocycles. The molecule has 0 aromatic carbocycles. The quantitative estimate of drug-likeness (QED) is 0.566. The van der Waals surface area contributed by atoms with Crippen LogP contribution in [-0.2, 0) is 7.05 Å². The van der Waals surface area contributed by atoms with Crippen molar-refractivity contribution in [1.82, 2.24) is 20.1 Å². The van der Waals surface area contributed by atoms with Gasteiger partial charge in [0.1, 0.15) is 0 Å². The van der Waals surface area contributed by atoms with Crippen LogP contribution in [0.15, 0.2) is 14.7 Å². The van der Waals surface area contributed by atoms with Gasteiger partial charge in [-0.1, -0.05) is 11.8 Å². The fraction of sp³-hybridized carbons (Fsp3) is 0.700. The average Bonchev–Trinajstić information content (AvgIpc) is 2.33. The molecule has 94 valence electrons. The van der Waals surface area contributed by atoms with E-state index in [4.69, 9.17) is 0 Å². The van der Waals surface area contributed by atoms with E-state index in [1.807, 2.05) is 0 Å². The van der Waals surface area contributed by atoms with Crippen molar-refractivity contribution in [2.45, 2.75) is 18.0 Å². The Labute approximate surface area is 103 Å². The molecule has 1 aliphatic rings. The number of thioether (sulfide) groups is 1. The van der Waals surface area contributed by atoms with Gasteiger partial charge in [-0.05, 0) is 31.8 Å². The van der Waals surface area contributed by atoms with Crippen LogP contribution >= 0.6 is 11.8 Å². The van der Waals surface area contributed by atoms with Crippen LogP contribution in [0.1, 0.15) is 12.8 Å². The highest BCUT2D eigenvalue weighted by molar-refractivity contribution is 7.99. The minimum Gasteiger partial charge on any atom is -0.316 e. The molecule has 2 heterocycles. The third-order valence-corrected chi connectivity index (χ3v) is 4.06. The van der Waals surface area contributed by atoms with Gasteiger partial charge in [0.25, 0.3) is 0 Å². The molecule has 17 heavy (non-hydrogen) atoms. The number of piperidine rings is 1. The second kappa shape index (κ2) is 5.50. The van der Waals surface area contributed by atoms with Gasteiger partial charge in [0.05, 0.1) is 0 Å². The van der Waals surface area contributed by atoms with Crippen LogP contribution in [0, 0.1) is 5.92 Å². The van der Waals surface area contributed by atoms with Gasteiger partial charge in [-0.25, -0.2) is 0 Å². The maximum atomic E-state index is 11.1. The van der Waals surface area contributed by atoms with Crippen molar-refractivity contribution in [3.8, 4) is 0 Å². The zero-order valence-corrected chi connectivity index (χ0v) is 10.5. The Morgan fingerprint density at radius 2 is 2.35 bits per heavy atom. The molecule has 0 amide bonds. The summed E-state index contributed by atoms with van der Waals surface area (Å²) in [7, 11) is 1.69. The fourth-order valence-electron chi connectivity index (χ4n) is 1.85. The lowest BCUT2D eigenvalue weighted by Crippen LogP contribution is -2.34. The van der Waals surface area contributed by atoms with Crippen molar-refractivity contribution in [2.75, 3.05) is 18.8 Å². The van der Waals surface area contributed by atoms with E-state index in [1.165, 1.54) is 29.3 Å². The first-order valence-corrected chi connectivity index (χ1v) is 6.66. The third-order valence-electron chi connectivity index (χ3n) is 2.79. The van der Waals surface area contributed by atoms with Gasteiger partial charge in [-0.15, -0.1) is 0 Å². The van der Waals surface area contributed by atoms with E-state index in [0.29, 0.717) is 11.1 Å². The van der Waals surface area contributed by atoms with Gasteiger partial charge in [-0.3, -0.25) is 19.4 Å². The topological polar surface area (TPSA) is 79.8 Å². The summed E-state index contributed by atoms with van der Waals surface area (Å²) in [5.41, 5.74) is -1.39. The van der Waals surface area contributed by atoms with Crippen LogP contribution in [0.4, 0.5) is 0 Å². The zero-order chi connectivity index (χ0) is 12.3. The van der Waals surface area contributed by atoms with Crippen molar-refractivity contribution >= 4 is 11.8 Å². The van der Waals surface area contributed by atoms with E-state index < -0.39 is 11.1 Å². The first kappa shape index (κ1) is 12.4. The number of rotatable bonds is 3. The minimum absolute atomic E-state index is 0.570. The summed E-state index contributed by atoms with van der Waals surface area (Å²) < 4.78 is 1.50. The summed E-state index contributed by atoms with van der Waals surface area (Å²) >= 11 is 1.52. The summed E-state index contributed by atoms with van der Waals surface area (Å²) in [5.74, 6) is 1.52. The molecule has 1 aliphatic heterocycles. The zero-order valence-electron chi connectivity index (χ0n) is 9.73. The summed E-state index contributed by atoms with van der Waals surface area (Å²) in [6.45, 7) is 2.11. The third kappa shape index (κ3) is 3.19. The normalized spacial score (nSPS) is 20.4. The number of H-pyrrole nitrogens is 1. The molecule has 1 saturated heterocycles. The van der Waals surface area contributed by atoms with Crippen LogP contribution in [-0.4, -0.2) is 33.6 Å². The lowest BCUT2D eigenvalue weighted by Gasteiger charge is -2.22. The summed E-state index contributed by atoms with van der Waals surface area (Å²) in [5, 5.41) is 6.36. The Balaban J connectivity index is 2.01. The molecule has 1 atom stereocenters. The molecule has 1 fully saturated rings. The summed E-state index contributed by atoms with van der Waals surface area (Å²) in [6, 6.07) is 0.